The molecule has 1 aromatic carbocycles. The molecule has 0 radical (unpaired) electrons. The summed E-state index contributed by atoms with van der Waals surface area (Å²) in [5.74, 6) is 0. The summed E-state index contributed by atoms with van der Waals surface area (Å²) < 4.78 is 0. The molecule has 4 nitrogen and oxygen atoms in total. The fourth-order valence-corrected chi connectivity index (χ4v) is 1.45. The van der Waals surface area contributed by atoms with Gasteiger partial charge in [-0.1, -0.05) is 19.1 Å². The van der Waals surface area contributed by atoms with E-state index < -0.39 is 6.10 Å². The quantitative estimate of drug-likeness (QED) is 0.535. The van der Waals surface area contributed by atoms with E-state index in [1.807, 2.05) is 19.1 Å². The van der Waals surface area contributed by atoms with Crippen molar-refractivity contribution in [3.63, 3.8) is 0 Å². The van der Waals surface area contributed by atoms with Crippen molar-refractivity contribution < 1.29 is 10.2 Å². The molecule has 90 valence electrons. The summed E-state index contributed by atoms with van der Waals surface area (Å²) in [6.07, 6.45) is 0.270. The lowest BCUT2D eigenvalue weighted by molar-refractivity contribution is 0.158. The largest absolute Gasteiger partial charge is 0.399 e. The number of nitrogen functional groups attached to an aromatic ring is 1. The summed E-state index contributed by atoms with van der Waals surface area (Å²) in [5, 5.41) is 22.0. The van der Waals surface area contributed by atoms with Crippen molar-refractivity contribution in [2.24, 2.45) is 0 Å². The first-order valence-corrected chi connectivity index (χ1v) is 5.55. The molecule has 0 fully saturated rings. The number of rotatable bonds is 6. The third-order valence-electron chi connectivity index (χ3n) is 2.63. The van der Waals surface area contributed by atoms with Gasteiger partial charge in [0.25, 0.3) is 0 Å². The molecule has 4 heteroatoms. The van der Waals surface area contributed by atoms with Gasteiger partial charge in [0.05, 0.1) is 12.7 Å². The van der Waals surface area contributed by atoms with E-state index in [-0.39, 0.29) is 12.6 Å². The zero-order valence-corrected chi connectivity index (χ0v) is 9.56. The molecule has 1 rings (SSSR count). The van der Waals surface area contributed by atoms with Crippen molar-refractivity contribution in [3.8, 4) is 0 Å². The van der Waals surface area contributed by atoms with Gasteiger partial charge >= 0.3 is 0 Å². The van der Waals surface area contributed by atoms with Crippen LogP contribution in [0.4, 0.5) is 5.69 Å². The Hall–Kier alpha value is -1.10. The van der Waals surface area contributed by atoms with Gasteiger partial charge in [0.2, 0.25) is 0 Å². The van der Waals surface area contributed by atoms with Crippen LogP contribution in [0, 0.1) is 0 Å². The first-order valence-electron chi connectivity index (χ1n) is 5.55. The van der Waals surface area contributed by atoms with Crippen LogP contribution in [0.5, 0.6) is 0 Å². The molecule has 0 saturated heterocycles. The van der Waals surface area contributed by atoms with Crippen molar-refractivity contribution in [2.45, 2.75) is 25.5 Å². The molecule has 0 amide bonds. The number of nitrogens with one attached hydrogen (secondary N) is 1. The number of hydrogen-bond donors (Lipinski definition) is 4. The predicted molar refractivity (Wildman–Crippen MR) is 65.0 cm³/mol. The number of aliphatic hydroxyl groups excluding tert-OH is 2. The maximum absolute atomic E-state index is 9.87. The molecule has 0 aromatic heterocycles. The molecule has 0 aliphatic rings. The highest BCUT2D eigenvalue weighted by molar-refractivity contribution is 5.39. The van der Waals surface area contributed by atoms with Crippen LogP contribution in [-0.2, 0) is 0 Å². The van der Waals surface area contributed by atoms with Gasteiger partial charge in [-0.2, -0.15) is 0 Å². The number of hydrogen-bond acceptors (Lipinski definition) is 4. The third-order valence-corrected chi connectivity index (χ3v) is 2.63. The fraction of sp³-hybridized carbons (Fsp3) is 0.500. The number of aliphatic hydroxyl groups is 2. The Morgan fingerprint density at radius 3 is 2.44 bits per heavy atom. The Morgan fingerprint density at radius 1 is 1.31 bits per heavy atom. The van der Waals surface area contributed by atoms with Crippen LogP contribution in [0.25, 0.3) is 0 Å². The molecule has 0 saturated carbocycles. The highest BCUT2D eigenvalue weighted by Gasteiger charge is 2.10. The normalized spacial score (nSPS) is 14.7. The van der Waals surface area contributed by atoms with E-state index in [1.165, 1.54) is 0 Å². The van der Waals surface area contributed by atoms with Crippen LogP contribution in [0.15, 0.2) is 24.3 Å². The van der Waals surface area contributed by atoms with E-state index in [0.29, 0.717) is 12.2 Å². The maximum Gasteiger partial charge on any atom is 0.0914 e. The lowest BCUT2D eigenvalue weighted by Crippen LogP contribution is -2.34. The summed E-state index contributed by atoms with van der Waals surface area (Å²) >= 11 is 0. The van der Waals surface area contributed by atoms with Crippen LogP contribution in [-0.4, -0.2) is 29.4 Å². The topological polar surface area (TPSA) is 78.5 Å². The minimum atomic E-state index is -0.568. The fourth-order valence-electron chi connectivity index (χ4n) is 1.45. The zero-order valence-electron chi connectivity index (χ0n) is 9.56. The summed E-state index contributed by atoms with van der Waals surface area (Å²) in [6, 6.07) is 7.19. The van der Waals surface area contributed by atoms with Crippen LogP contribution < -0.4 is 11.1 Å². The summed E-state index contributed by atoms with van der Waals surface area (Å²) in [5.41, 5.74) is 7.08. The van der Waals surface area contributed by atoms with E-state index in [4.69, 9.17) is 10.8 Å². The van der Waals surface area contributed by atoms with Crippen LogP contribution in [0.2, 0.25) is 0 Å². The van der Waals surface area contributed by atoms with Gasteiger partial charge in [0, 0.05) is 18.3 Å². The SMILES string of the molecule is CCC(CO)NCC(O)c1ccc(N)cc1. The Kier molecular flexibility index (Phi) is 5.25. The Bertz CT molecular complexity index is 296. The molecule has 0 heterocycles. The number of anilines is 1. The standard InChI is InChI=1S/C12H20N2O2/c1-2-11(8-15)14-7-12(16)9-3-5-10(13)6-4-9/h3-6,11-12,14-16H,2,7-8,13H2,1H3. The van der Waals surface area contributed by atoms with E-state index >= 15 is 0 Å². The molecule has 0 aliphatic carbocycles. The highest BCUT2D eigenvalue weighted by atomic mass is 16.3. The monoisotopic (exact) mass is 224 g/mol. The number of nitrogens with two attached hydrogens (primary N) is 1. The lowest BCUT2D eigenvalue weighted by atomic mass is 10.1. The Balaban J connectivity index is 2.46. The van der Waals surface area contributed by atoms with Gasteiger partial charge in [-0.25, -0.2) is 0 Å². The molecule has 16 heavy (non-hydrogen) atoms. The molecule has 0 aliphatic heterocycles. The zero-order chi connectivity index (χ0) is 12.0. The van der Waals surface area contributed by atoms with E-state index in [1.54, 1.807) is 12.1 Å². The summed E-state index contributed by atoms with van der Waals surface area (Å²) in [7, 11) is 0. The minimum Gasteiger partial charge on any atom is -0.399 e. The molecule has 2 unspecified atom stereocenters. The molecular weight excluding hydrogens is 204 g/mol. The summed E-state index contributed by atoms with van der Waals surface area (Å²) in [4.78, 5) is 0. The Labute approximate surface area is 96.1 Å². The second-order valence-electron chi connectivity index (χ2n) is 3.88. The molecule has 0 bridgehead atoms. The number of benzene rings is 1. The van der Waals surface area contributed by atoms with Crippen molar-refractivity contribution in [1.29, 1.82) is 0 Å². The predicted octanol–water partition coefficient (Wildman–Crippen LogP) is 0.663. The smallest absolute Gasteiger partial charge is 0.0914 e. The second kappa shape index (κ2) is 6.48. The van der Waals surface area contributed by atoms with Crippen molar-refractivity contribution in [3.05, 3.63) is 29.8 Å². The molecule has 2 atom stereocenters. The van der Waals surface area contributed by atoms with Gasteiger partial charge in [-0.05, 0) is 24.1 Å². The van der Waals surface area contributed by atoms with Crippen molar-refractivity contribution in [2.75, 3.05) is 18.9 Å². The van der Waals surface area contributed by atoms with Crippen LogP contribution >= 0.6 is 0 Å². The molecule has 1 aromatic rings. The summed E-state index contributed by atoms with van der Waals surface area (Å²) in [6.45, 7) is 2.51. The maximum atomic E-state index is 9.87. The van der Waals surface area contributed by atoms with E-state index in [9.17, 15) is 5.11 Å². The first kappa shape index (κ1) is 13.0. The van der Waals surface area contributed by atoms with E-state index in [0.717, 1.165) is 12.0 Å². The molecule has 0 spiro atoms. The second-order valence-corrected chi connectivity index (χ2v) is 3.88. The van der Waals surface area contributed by atoms with Gasteiger partial charge < -0.3 is 21.3 Å². The van der Waals surface area contributed by atoms with Gasteiger partial charge in [-0.15, -0.1) is 0 Å². The van der Waals surface area contributed by atoms with Gasteiger partial charge in [0.15, 0.2) is 0 Å². The van der Waals surface area contributed by atoms with Gasteiger partial charge in [-0.3, -0.25) is 0 Å². The van der Waals surface area contributed by atoms with Crippen LogP contribution in [0.1, 0.15) is 25.0 Å². The average molecular weight is 224 g/mol. The van der Waals surface area contributed by atoms with Crippen molar-refractivity contribution in [1.82, 2.24) is 5.32 Å². The molecule has 5 N–H and O–H groups in total. The third kappa shape index (κ3) is 3.81. The van der Waals surface area contributed by atoms with E-state index in [2.05, 4.69) is 5.32 Å². The Morgan fingerprint density at radius 2 is 1.94 bits per heavy atom. The first-order chi connectivity index (χ1) is 7.67. The van der Waals surface area contributed by atoms with Gasteiger partial charge in [0.1, 0.15) is 0 Å². The lowest BCUT2D eigenvalue weighted by Gasteiger charge is -2.17. The van der Waals surface area contributed by atoms with Crippen LogP contribution in [0.3, 0.4) is 0 Å². The average Bonchev–Trinajstić information content (AvgIpc) is 2.31. The highest BCUT2D eigenvalue weighted by Crippen LogP contribution is 2.14. The molecular formula is C12H20N2O2. The van der Waals surface area contributed by atoms with Crippen molar-refractivity contribution >= 4 is 5.69 Å². The minimum absolute atomic E-state index is 0.0448.